The van der Waals surface area contributed by atoms with E-state index in [1.807, 2.05) is 20.8 Å². The minimum absolute atomic E-state index is 0.0134. The summed E-state index contributed by atoms with van der Waals surface area (Å²) in [5.74, 6) is 0.727. The molecule has 2 rings (SSSR count). The largest absolute Gasteiger partial charge is 0.346 e. The van der Waals surface area contributed by atoms with E-state index in [1.54, 1.807) is 11.7 Å². The van der Waals surface area contributed by atoms with E-state index in [-0.39, 0.29) is 11.9 Å². The van der Waals surface area contributed by atoms with Gasteiger partial charge in [0, 0.05) is 25.6 Å². The molecule has 1 unspecified atom stereocenters. The Morgan fingerprint density at radius 3 is 2.80 bits per heavy atom. The maximum atomic E-state index is 11.9. The van der Waals surface area contributed by atoms with Crippen molar-refractivity contribution in [3.63, 3.8) is 0 Å². The summed E-state index contributed by atoms with van der Waals surface area (Å²) in [6, 6.07) is -0.156. The maximum Gasteiger partial charge on any atom is 0.220 e. The SMILES string of the molecule is Cc1[nH]nc(CCC(=O)NC(C)c2ncnn2C)c1C. The number of hydrogen-bond acceptors (Lipinski definition) is 4. The van der Waals surface area contributed by atoms with Gasteiger partial charge in [0.05, 0.1) is 11.7 Å². The normalized spacial score (nSPS) is 12.4. The molecule has 1 amide bonds. The van der Waals surface area contributed by atoms with E-state index >= 15 is 0 Å². The first-order valence-corrected chi connectivity index (χ1v) is 6.62. The smallest absolute Gasteiger partial charge is 0.220 e. The van der Waals surface area contributed by atoms with Crippen LogP contribution in [0.15, 0.2) is 6.33 Å². The highest BCUT2D eigenvalue weighted by atomic mass is 16.1. The zero-order chi connectivity index (χ0) is 14.7. The van der Waals surface area contributed by atoms with Crippen molar-refractivity contribution in [3.8, 4) is 0 Å². The summed E-state index contributed by atoms with van der Waals surface area (Å²) >= 11 is 0. The van der Waals surface area contributed by atoms with Gasteiger partial charge in [-0.15, -0.1) is 0 Å². The Morgan fingerprint density at radius 2 is 2.25 bits per heavy atom. The van der Waals surface area contributed by atoms with Crippen LogP contribution in [0, 0.1) is 13.8 Å². The molecule has 0 aromatic carbocycles. The molecule has 2 N–H and O–H groups in total. The molecule has 0 fully saturated rings. The molecule has 2 aromatic heterocycles. The number of nitrogens with one attached hydrogen (secondary N) is 2. The van der Waals surface area contributed by atoms with Crippen molar-refractivity contribution in [2.75, 3.05) is 0 Å². The van der Waals surface area contributed by atoms with E-state index in [9.17, 15) is 4.79 Å². The van der Waals surface area contributed by atoms with Crippen LogP contribution in [0.3, 0.4) is 0 Å². The van der Waals surface area contributed by atoms with Crippen LogP contribution in [0.25, 0.3) is 0 Å². The molecule has 0 radical (unpaired) electrons. The summed E-state index contributed by atoms with van der Waals surface area (Å²) in [5.41, 5.74) is 3.12. The number of rotatable bonds is 5. The molecular formula is C13H20N6O. The fourth-order valence-corrected chi connectivity index (χ4v) is 2.09. The zero-order valence-corrected chi connectivity index (χ0v) is 12.3. The molecule has 0 aliphatic carbocycles. The van der Waals surface area contributed by atoms with Crippen LogP contribution in [0.2, 0.25) is 0 Å². The van der Waals surface area contributed by atoms with Crippen molar-refractivity contribution < 1.29 is 4.79 Å². The molecule has 0 bridgehead atoms. The first-order chi connectivity index (χ1) is 9.49. The van der Waals surface area contributed by atoms with Gasteiger partial charge in [-0.05, 0) is 26.3 Å². The van der Waals surface area contributed by atoms with Gasteiger partial charge in [-0.3, -0.25) is 14.6 Å². The van der Waals surface area contributed by atoms with Crippen molar-refractivity contribution in [1.29, 1.82) is 0 Å². The molecular weight excluding hydrogens is 256 g/mol. The van der Waals surface area contributed by atoms with Crippen molar-refractivity contribution >= 4 is 5.91 Å². The summed E-state index contributed by atoms with van der Waals surface area (Å²) in [4.78, 5) is 16.1. The number of nitrogens with zero attached hydrogens (tertiary/aromatic N) is 4. The fourth-order valence-electron chi connectivity index (χ4n) is 2.09. The molecule has 0 aliphatic rings. The number of aromatic nitrogens is 5. The Kier molecular flexibility index (Phi) is 4.16. The first-order valence-electron chi connectivity index (χ1n) is 6.62. The van der Waals surface area contributed by atoms with E-state index < -0.39 is 0 Å². The van der Waals surface area contributed by atoms with Gasteiger partial charge in [-0.2, -0.15) is 10.2 Å². The number of aryl methyl sites for hydroxylation is 3. The quantitative estimate of drug-likeness (QED) is 0.851. The van der Waals surface area contributed by atoms with Gasteiger partial charge in [0.1, 0.15) is 12.2 Å². The molecule has 2 heterocycles. The third-order valence-corrected chi connectivity index (χ3v) is 3.45. The lowest BCUT2D eigenvalue weighted by atomic mass is 10.1. The topological polar surface area (TPSA) is 88.5 Å². The predicted molar refractivity (Wildman–Crippen MR) is 73.9 cm³/mol. The Morgan fingerprint density at radius 1 is 1.50 bits per heavy atom. The van der Waals surface area contributed by atoms with Crippen LogP contribution in [0.5, 0.6) is 0 Å². The third kappa shape index (κ3) is 3.04. The number of amides is 1. The molecule has 0 saturated heterocycles. The monoisotopic (exact) mass is 276 g/mol. The third-order valence-electron chi connectivity index (χ3n) is 3.45. The second kappa shape index (κ2) is 5.85. The molecule has 108 valence electrons. The summed E-state index contributed by atoms with van der Waals surface area (Å²) < 4.78 is 1.66. The van der Waals surface area contributed by atoms with Crippen LogP contribution in [-0.2, 0) is 18.3 Å². The summed E-state index contributed by atoms with van der Waals surface area (Å²) in [6.45, 7) is 5.88. The predicted octanol–water partition coefficient (Wildman–Crippen LogP) is 0.965. The molecule has 1 atom stereocenters. The molecule has 20 heavy (non-hydrogen) atoms. The highest BCUT2D eigenvalue weighted by Gasteiger charge is 2.15. The fraction of sp³-hybridized carbons (Fsp3) is 0.538. The van der Waals surface area contributed by atoms with Gasteiger partial charge in [-0.25, -0.2) is 4.98 Å². The Bertz CT molecular complexity index is 600. The molecule has 0 saturated carbocycles. The number of carbonyl (C=O) groups excluding carboxylic acids is 1. The van der Waals surface area contributed by atoms with Gasteiger partial charge in [0.25, 0.3) is 0 Å². The zero-order valence-electron chi connectivity index (χ0n) is 12.3. The van der Waals surface area contributed by atoms with Crippen molar-refractivity contribution in [3.05, 3.63) is 29.1 Å². The lowest BCUT2D eigenvalue weighted by Crippen LogP contribution is -2.28. The maximum absolute atomic E-state index is 11.9. The average molecular weight is 276 g/mol. The van der Waals surface area contributed by atoms with Gasteiger partial charge < -0.3 is 5.32 Å². The number of carbonyl (C=O) groups is 1. The summed E-state index contributed by atoms with van der Waals surface area (Å²) in [5, 5.41) is 14.0. The van der Waals surface area contributed by atoms with Crippen molar-refractivity contribution in [1.82, 2.24) is 30.3 Å². The van der Waals surface area contributed by atoms with Gasteiger partial charge >= 0.3 is 0 Å². The van der Waals surface area contributed by atoms with E-state index in [2.05, 4.69) is 25.6 Å². The van der Waals surface area contributed by atoms with E-state index in [0.717, 1.165) is 22.8 Å². The second-order valence-electron chi connectivity index (χ2n) is 4.95. The van der Waals surface area contributed by atoms with Crippen molar-refractivity contribution in [2.45, 2.75) is 39.7 Å². The minimum Gasteiger partial charge on any atom is -0.346 e. The van der Waals surface area contributed by atoms with Gasteiger partial charge in [0.15, 0.2) is 0 Å². The summed E-state index contributed by atoms with van der Waals surface area (Å²) in [7, 11) is 1.81. The first kappa shape index (κ1) is 14.2. The standard InChI is InChI=1S/C13H20N6O/c1-8-9(2)17-18-11(8)5-6-12(20)16-10(3)13-14-7-15-19(13)4/h7,10H,5-6H2,1-4H3,(H,16,20)(H,17,18). The number of aromatic amines is 1. The van der Waals surface area contributed by atoms with E-state index in [4.69, 9.17) is 0 Å². The Balaban J connectivity index is 1.87. The van der Waals surface area contributed by atoms with Gasteiger partial charge in [-0.1, -0.05) is 0 Å². The highest BCUT2D eigenvalue weighted by molar-refractivity contribution is 5.76. The van der Waals surface area contributed by atoms with Crippen molar-refractivity contribution in [2.24, 2.45) is 7.05 Å². The Hall–Kier alpha value is -2.18. The number of hydrogen-bond donors (Lipinski definition) is 2. The van der Waals surface area contributed by atoms with E-state index in [0.29, 0.717) is 12.8 Å². The molecule has 2 aromatic rings. The second-order valence-corrected chi connectivity index (χ2v) is 4.95. The molecule has 7 heteroatoms. The van der Waals surface area contributed by atoms with Crippen LogP contribution in [-0.4, -0.2) is 30.9 Å². The minimum atomic E-state index is -0.156. The highest BCUT2D eigenvalue weighted by Crippen LogP contribution is 2.11. The van der Waals surface area contributed by atoms with E-state index in [1.165, 1.54) is 6.33 Å². The number of H-pyrrole nitrogens is 1. The average Bonchev–Trinajstić information content (AvgIpc) is 2.96. The van der Waals surface area contributed by atoms with Gasteiger partial charge in [0.2, 0.25) is 5.91 Å². The Labute approximate surface area is 117 Å². The van der Waals surface area contributed by atoms with Crippen LogP contribution < -0.4 is 5.32 Å². The van der Waals surface area contributed by atoms with Crippen LogP contribution >= 0.6 is 0 Å². The lowest BCUT2D eigenvalue weighted by molar-refractivity contribution is -0.121. The summed E-state index contributed by atoms with van der Waals surface area (Å²) in [6.07, 6.45) is 2.52. The molecule has 7 nitrogen and oxygen atoms in total. The van der Waals surface area contributed by atoms with Crippen LogP contribution in [0.1, 0.15) is 42.2 Å². The van der Waals surface area contributed by atoms with Crippen LogP contribution in [0.4, 0.5) is 0 Å². The molecule has 0 aliphatic heterocycles. The lowest BCUT2D eigenvalue weighted by Gasteiger charge is -2.12. The molecule has 0 spiro atoms.